The summed E-state index contributed by atoms with van der Waals surface area (Å²) in [7, 11) is 0. The average Bonchev–Trinajstić information content (AvgIpc) is 3.24. The Labute approximate surface area is 385 Å². The van der Waals surface area contributed by atoms with Crippen LogP contribution in [0.2, 0.25) is 0 Å². The Morgan fingerprint density at radius 3 is 2.05 bits per heavy atom. The van der Waals surface area contributed by atoms with Crippen LogP contribution in [-0.4, -0.2) is 180 Å². The molecule has 3 aliphatic heterocycles. The van der Waals surface area contributed by atoms with E-state index in [4.69, 9.17) is 28.4 Å². The van der Waals surface area contributed by atoms with E-state index in [0.717, 1.165) is 18.4 Å². The van der Waals surface area contributed by atoms with Crippen molar-refractivity contribution in [2.45, 2.75) is 204 Å². The first kappa shape index (κ1) is 50.5. The second-order valence-electron chi connectivity index (χ2n) is 23.2. The van der Waals surface area contributed by atoms with Gasteiger partial charge in [0.2, 0.25) is 6.29 Å². The zero-order valence-electron chi connectivity index (χ0n) is 39.0. The highest BCUT2D eigenvalue weighted by molar-refractivity contribution is 5.80. The average molecular weight is 943 g/mol. The smallest absolute Gasteiger partial charge is 0.335 e. The molecule has 8 aliphatic rings. The van der Waals surface area contributed by atoms with Crippen LogP contribution in [-0.2, 0) is 38.0 Å². The summed E-state index contributed by atoms with van der Waals surface area (Å²) in [5.74, 6) is -2.51. The molecule has 7 fully saturated rings. The third-order valence-electron chi connectivity index (χ3n) is 18.9. The molecule has 0 radical (unpaired) electrons. The second-order valence-corrected chi connectivity index (χ2v) is 23.2. The summed E-state index contributed by atoms with van der Waals surface area (Å²) in [6, 6.07) is 0. The van der Waals surface area contributed by atoms with E-state index in [0.29, 0.717) is 38.5 Å². The Morgan fingerprint density at radius 1 is 0.712 bits per heavy atom. The quantitative estimate of drug-likeness (QED) is 0.0856. The number of aliphatic hydroxyl groups is 10. The number of ether oxygens (including phenoxy) is 6. The third-order valence-corrected chi connectivity index (χ3v) is 18.9. The maximum Gasteiger partial charge on any atom is 0.335 e. The Morgan fingerprint density at radius 2 is 1.38 bits per heavy atom. The van der Waals surface area contributed by atoms with Crippen LogP contribution in [0.25, 0.3) is 0 Å². The van der Waals surface area contributed by atoms with Crippen LogP contribution in [0, 0.1) is 50.2 Å². The van der Waals surface area contributed by atoms with Gasteiger partial charge in [-0.15, -0.1) is 0 Å². The predicted molar refractivity (Wildman–Crippen MR) is 226 cm³/mol. The number of aliphatic hydroxyl groups excluding tert-OH is 10. The number of rotatable bonds is 8. The minimum atomic E-state index is -1.87. The molecule has 19 nitrogen and oxygen atoms in total. The van der Waals surface area contributed by atoms with Crippen molar-refractivity contribution in [1.82, 2.24) is 0 Å². The SMILES string of the molecule is CC1(C)CC[C@]2(C(=O)O[C@@H]3O[C@H](CO)[C@@H](O)[C@H](O)[C@H]3O)[C@H](O)C[C@]3(C)C(=CC[C@@H]4[C@@]5(C)CC[C@@H](O[C@@H]6O[C@H](C(=O)O)[C@@H](O[C@@H]7OC[C@@H](O)[C@H](O)[C@H]7O)[C@H](O)[C@H]6O)C(C)(C)[C@H]5CC[C@]43C)[C@H]2C1. The van der Waals surface area contributed by atoms with Gasteiger partial charge in [0.05, 0.1) is 25.4 Å². The van der Waals surface area contributed by atoms with Gasteiger partial charge in [-0.25, -0.2) is 4.79 Å². The maximum absolute atomic E-state index is 14.7. The molecule has 0 bridgehead atoms. The van der Waals surface area contributed by atoms with Crippen LogP contribution in [0.3, 0.4) is 0 Å². The lowest BCUT2D eigenvalue weighted by molar-refractivity contribution is -0.354. The van der Waals surface area contributed by atoms with E-state index < -0.39 is 146 Å². The highest BCUT2D eigenvalue weighted by Crippen LogP contribution is 2.76. The van der Waals surface area contributed by atoms with Gasteiger partial charge in [-0.2, -0.15) is 0 Å². The molecule has 0 aromatic carbocycles. The van der Waals surface area contributed by atoms with Gasteiger partial charge in [0.1, 0.15) is 66.5 Å². The lowest BCUT2D eigenvalue weighted by atomic mass is 9.33. The first-order valence-electron chi connectivity index (χ1n) is 23.8. The van der Waals surface area contributed by atoms with E-state index in [1.54, 1.807) is 0 Å². The second kappa shape index (κ2) is 17.4. The topological polar surface area (TPSA) is 312 Å². The van der Waals surface area contributed by atoms with Gasteiger partial charge in [-0.1, -0.05) is 60.1 Å². The Bertz CT molecular complexity index is 1860. The Kier molecular flexibility index (Phi) is 13.3. The Balaban J connectivity index is 1.03. The number of esters is 1. The highest BCUT2D eigenvalue weighted by atomic mass is 16.7. The normalized spacial score (nSPS) is 53.2. The molecule has 0 aromatic heterocycles. The van der Waals surface area contributed by atoms with E-state index in [-0.39, 0.29) is 34.5 Å². The number of carbonyl (C=O) groups is 2. The molecule has 3 saturated heterocycles. The molecular weight excluding hydrogens is 868 g/mol. The standard InChI is InChI=1S/C47H74O19/c1-42(2)14-15-47(41(60)66-39-33(56)30(53)29(52)23(18-48)62-39)21(16-42)20-8-9-25-44(5)12-11-27(43(3,4)24(44)10-13-45(25,6)46(20,7)17-26(47)50)63-40-34(57)31(54)35(36(65-40)37(58)59)64-38-32(55)28(51)22(49)19-61-38/h8,21-36,38-40,48-57H,9-19H2,1-7H3,(H,58,59)/t21-,22-,23-,24-,25-,26-,27-,28+,29-,30+,31-,32-,33-,34-,35+,36+,38+,39+,40-,44+,45-,46-,47-/m1/s1. The van der Waals surface area contributed by atoms with Crippen molar-refractivity contribution < 1.29 is 94.2 Å². The summed E-state index contributed by atoms with van der Waals surface area (Å²) in [5.41, 5.74) is -2.18. The summed E-state index contributed by atoms with van der Waals surface area (Å²) >= 11 is 0. The van der Waals surface area contributed by atoms with Crippen molar-refractivity contribution in [1.29, 1.82) is 0 Å². The van der Waals surface area contributed by atoms with E-state index in [1.807, 2.05) is 0 Å². The molecular formula is C47H74O19. The molecule has 8 rings (SSSR count). The number of carboxylic acids is 1. The van der Waals surface area contributed by atoms with E-state index >= 15 is 0 Å². The van der Waals surface area contributed by atoms with Crippen molar-refractivity contribution >= 4 is 11.9 Å². The van der Waals surface area contributed by atoms with Gasteiger partial charge < -0.3 is 84.6 Å². The minimum Gasteiger partial charge on any atom is -0.479 e. The predicted octanol–water partition coefficient (Wildman–Crippen LogP) is -0.157. The van der Waals surface area contributed by atoms with Crippen molar-refractivity contribution in [2.75, 3.05) is 13.2 Å². The van der Waals surface area contributed by atoms with Crippen LogP contribution < -0.4 is 0 Å². The fourth-order valence-electron chi connectivity index (χ4n) is 14.8. The van der Waals surface area contributed by atoms with Gasteiger partial charge in [0, 0.05) is 0 Å². The minimum absolute atomic E-state index is 0.0684. The summed E-state index contributed by atoms with van der Waals surface area (Å²) in [5, 5.41) is 117. The molecule has 3 heterocycles. The monoisotopic (exact) mass is 942 g/mol. The van der Waals surface area contributed by atoms with Crippen LogP contribution in [0.1, 0.15) is 106 Å². The molecule has 0 spiro atoms. The lowest BCUT2D eigenvalue weighted by Gasteiger charge is -2.71. The Hall–Kier alpha value is -1.92. The first-order chi connectivity index (χ1) is 30.7. The van der Waals surface area contributed by atoms with Crippen LogP contribution in [0.4, 0.5) is 0 Å². The molecule has 376 valence electrons. The zero-order valence-corrected chi connectivity index (χ0v) is 39.0. The molecule has 4 saturated carbocycles. The van der Waals surface area contributed by atoms with E-state index in [2.05, 4.69) is 54.5 Å². The van der Waals surface area contributed by atoms with Crippen molar-refractivity contribution in [3.05, 3.63) is 11.6 Å². The third kappa shape index (κ3) is 7.64. The summed E-state index contributed by atoms with van der Waals surface area (Å²) in [4.78, 5) is 27.2. The number of hydrogen-bond acceptors (Lipinski definition) is 18. The van der Waals surface area contributed by atoms with Gasteiger partial charge in [-0.3, -0.25) is 4.79 Å². The van der Waals surface area contributed by atoms with Crippen LogP contribution in [0.5, 0.6) is 0 Å². The van der Waals surface area contributed by atoms with Gasteiger partial charge in [0.15, 0.2) is 18.7 Å². The fourth-order valence-corrected chi connectivity index (χ4v) is 14.8. The maximum atomic E-state index is 14.7. The number of allylic oxidation sites excluding steroid dienone is 2. The van der Waals surface area contributed by atoms with E-state index in [9.17, 15) is 65.8 Å². The molecule has 66 heavy (non-hydrogen) atoms. The molecule has 19 heteroatoms. The van der Waals surface area contributed by atoms with Crippen molar-refractivity contribution in [3.8, 4) is 0 Å². The largest absolute Gasteiger partial charge is 0.479 e. The molecule has 0 amide bonds. The molecule has 23 atom stereocenters. The van der Waals surface area contributed by atoms with E-state index in [1.165, 1.54) is 0 Å². The number of hydrogen-bond donors (Lipinski definition) is 11. The van der Waals surface area contributed by atoms with Gasteiger partial charge in [-0.05, 0) is 103 Å². The molecule has 0 unspecified atom stereocenters. The van der Waals surface area contributed by atoms with Gasteiger partial charge >= 0.3 is 11.9 Å². The first-order valence-corrected chi connectivity index (χ1v) is 23.8. The molecule has 11 N–H and O–H groups in total. The lowest BCUT2D eigenvalue weighted by Crippen LogP contribution is -2.68. The van der Waals surface area contributed by atoms with Crippen molar-refractivity contribution in [3.63, 3.8) is 0 Å². The fraction of sp³-hybridized carbons (Fsp3) is 0.915. The summed E-state index contributed by atoms with van der Waals surface area (Å²) in [6.07, 6.45) is -17.5. The van der Waals surface area contributed by atoms with Crippen LogP contribution >= 0.6 is 0 Å². The van der Waals surface area contributed by atoms with Crippen molar-refractivity contribution in [2.24, 2.45) is 50.2 Å². The molecule has 0 aromatic rings. The zero-order chi connectivity index (χ0) is 48.4. The number of carbonyl (C=O) groups excluding carboxylic acids is 1. The van der Waals surface area contributed by atoms with Gasteiger partial charge in [0.25, 0.3) is 0 Å². The summed E-state index contributed by atoms with van der Waals surface area (Å²) < 4.78 is 34.7. The number of aliphatic carboxylic acids is 1. The number of carboxylic acid groups (broad SMARTS) is 1. The van der Waals surface area contributed by atoms with Crippen LogP contribution in [0.15, 0.2) is 11.6 Å². The number of fused-ring (bicyclic) bond motifs is 7. The summed E-state index contributed by atoms with van der Waals surface area (Å²) in [6.45, 7) is 14.3. The highest BCUT2D eigenvalue weighted by Gasteiger charge is 2.72. The molecule has 5 aliphatic carbocycles.